The predicted octanol–water partition coefficient (Wildman–Crippen LogP) is 2.45. The van der Waals surface area contributed by atoms with E-state index in [1.807, 2.05) is 30.0 Å². The van der Waals surface area contributed by atoms with Crippen LogP contribution < -0.4 is 4.90 Å². The molecule has 28 heavy (non-hydrogen) atoms. The Hall–Kier alpha value is -2.73. The van der Waals surface area contributed by atoms with E-state index in [9.17, 15) is 9.59 Å². The molecule has 146 valence electrons. The molecular weight excluding hydrogens is 352 g/mol. The summed E-state index contributed by atoms with van der Waals surface area (Å²) in [6.07, 6.45) is 0.836. The fourth-order valence-corrected chi connectivity index (χ4v) is 4.10. The van der Waals surface area contributed by atoms with E-state index in [-0.39, 0.29) is 17.9 Å². The van der Waals surface area contributed by atoms with Crippen LogP contribution in [0.4, 0.5) is 5.69 Å². The number of pyridine rings is 1. The molecule has 0 saturated carbocycles. The fourth-order valence-electron chi connectivity index (χ4n) is 4.10. The fraction of sp³-hybridized carbons (Fsp3) is 0.409. The number of aromatic nitrogens is 1. The van der Waals surface area contributed by atoms with Gasteiger partial charge in [-0.05, 0) is 43.7 Å². The number of benzene rings is 1. The molecule has 6 heteroatoms. The van der Waals surface area contributed by atoms with Crippen LogP contribution in [0.25, 0.3) is 0 Å². The quantitative estimate of drug-likeness (QED) is 0.823. The molecule has 2 aromatic rings. The van der Waals surface area contributed by atoms with Gasteiger partial charge in [-0.15, -0.1) is 0 Å². The van der Waals surface area contributed by atoms with Gasteiger partial charge in [-0.3, -0.25) is 9.59 Å². The van der Waals surface area contributed by atoms with E-state index in [1.165, 1.54) is 5.56 Å². The Morgan fingerprint density at radius 2 is 1.64 bits per heavy atom. The number of hydrogen-bond donors (Lipinski definition) is 0. The summed E-state index contributed by atoms with van der Waals surface area (Å²) in [4.78, 5) is 36.5. The van der Waals surface area contributed by atoms with Crippen LogP contribution in [0, 0.1) is 0 Å². The van der Waals surface area contributed by atoms with Crippen LogP contribution >= 0.6 is 0 Å². The van der Waals surface area contributed by atoms with Gasteiger partial charge in [0, 0.05) is 37.9 Å². The number of carbonyl (C=O) groups excluding carboxylic acids is 2. The molecule has 1 atom stereocenters. The van der Waals surface area contributed by atoms with Gasteiger partial charge in [0.15, 0.2) is 0 Å². The first-order valence-electron chi connectivity index (χ1n) is 9.98. The summed E-state index contributed by atoms with van der Waals surface area (Å²) in [6.45, 7) is 8.32. The molecule has 0 radical (unpaired) electrons. The summed E-state index contributed by atoms with van der Waals surface area (Å²) in [6, 6.07) is 13.2. The highest BCUT2D eigenvalue weighted by atomic mass is 16.2. The Morgan fingerprint density at radius 1 is 0.964 bits per heavy atom. The average Bonchev–Trinajstić information content (AvgIpc) is 3.08. The van der Waals surface area contributed by atoms with Crippen LogP contribution in [-0.2, 0) is 6.42 Å². The molecule has 0 bridgehead atoms. The van der Waals surface area contributed by atoms with E-state index in [4.69, 9.17) is 0 Å². The van der Waals surface area contributed by atoms with Gasteiger partial charge >= 0.3 is 0 Å². The zero-order valence-electron chi connectivity index (χ0n) is 16.5. The maximum absolute atomic E-state index is 13.2. The van der Waals surface area contributed by atoms with Crippen molar-refractivity contribution in [2.24, 2.45) is 0 Å². The number of nitrogens with zero attached hydrogens (tertiary/aromatic N) is 4. The van der Waals surface area contributed by atoms with Crippen LogP contribution in [0.1, 0.15) is 40.4 Å². The highest BCUT2D eigenvalue weighted by molar-refractivity contribution is 6.07. The van der Waals surface area contributed by atoms with Crippen molar-refractivity contribution in [1.29, 1.82) is 0 Å². The van der Waals surface area contributed by atoms with E-state index >= 15 is 0 Å². The monoisotopic (exact) mass is 378 g/mol. The van der Waals surface area contributed by atoms with Gasteiger partial charge in [-0.25, -0.2) is 4.98 Å². The molecule has 2 amide bonds. The number of fused-ring (bicyclic) bond motifs is 1. The van der Waals surface area contributed by atoms with E-state index < -0.39 is 0 Å². The van der Waals surface area contributed by atoms with Crippen molar-refractivity contribution in [3.05, 3.63) is 59.4 Å². The lowest BCUT2D eigenvalue weighted by molar-refractivity contribution is 0.0637. The van der Waals surface area contributed by atoms with Gasteiger partial charge in [0.2, 0.25) is 0 Å². The molecular formula is C22H26N4O2. The minimum absolute atomic E-state index is 0.0770. The van der Waals surface area contributed by atoms with E-state index in [2.05, 4.69) is 22.9 Å². The Labute approximate surface area is 165 Å². The summed E-state index contributed by atoms with van der Waals surface area (Å²) < 4.78 is 0. The second-order valence-electron chi connectivity index (χ2n) is 7.49. The molecule has 1 fully saturated rings. The SMILES string of the molecule is CCN1CCN(C(=O)c2cccc(C(=O)N3c4ccccc4CC3C)n2)CC1. The lowest BCUT2D eigenvalue weighted by Crippen LogP contribution is -2.48. The normalized spacial score (nSPS) is 19.6. The maximum Gasteiger partial charge on any atom is 0.277 e. The van der Waals surface area contributed by atoms with Crippen LogP contribution in [0.15, 0.2) is 42.5 Å². The van der Waals surface area contributed by atoms with E-state index in [0.717, 1.165) is 31.7 Å². The lowest BCUT2D eigenvalue weighted by atomic mass is 10.1. The third kappa shape index (κ3) is 3.40. The van der Waals surface area contributed by atoms with Crippen LogP contribution in [-0.4, -0.2) is 65.4 Å². The second kappa shape index (κ2) is 7.72. The molecule has 1 saturated heterocycles. The minimum atomic E-state index is -0.150. The van der Waals surface area contributed by atoms with Gasteiger partial charge in [-0.1, -0.05) is 31.2 Å². The van der Waals surface area contributed by atoms with E-state index in [1.54, 1.807) is 23.1 Å². The van der Waals surface area contributed by atoms with Crippen molar-refractivity contribution in [1.82, 2.24) is 14.8 Å². The zero-order chi connectivity index (χ0) is 19.7. The number of para-hydroxylation sites is 1. The number of likely N-dealkylation sites (N-methyl/N-ethyl adjacent to an activating group) is 1. The molecule has 0 aliphatic carbocycles. The summed E-state index contributed by atoms with van der Waals surface area (Å²) >= 11 is 0. The second-order valence-corrected chi connectivity index (χ2v) is 7.49. The van der Waals surface area contributed by atoms with Gasteiger partial charge in [-0.2, -0.15) is 0 Å². The maximum atomic E-state index is 13.2. The molecule has 0 N–H and O–H groups in total. The van der Waals surface area contributed by atoms with E-state index in [0.29, 0.717) is 24.5 Å². The van der Waals surface area contributed by atoms with Crippen molar-refractivity contribution in [2.45, 2.75) is 26.3 Å². The number of amides is 2. The van der Waals surface area contributed by atoms with Gasteiger partial charge < -0.3 is 14.7 Å². The first-order chi connectivity index (χ1) is 13.6. The van der Waals surface area contributed by atoms with Crippen LogP contribution in [0.5, 0.6) is 0 Å². The third-order valence-corrected chi connectivity index (χ3v) is 5.72. The number of rotatable bonds is 3. The Kier molecular flexibility index (Phi) is 5.13. The summed E-state index contributed by atoms with van der Waals surface area (Å²) in [7, 11) is 0. The highest BCUT2D eigenvalue weighted by Crippen LogP contribution is 2.32. The van der Waals surface area contributed by atoms with Gasteiger partial charge in [0.1, 0.15) is 11.4 Å². The summed E-state index contributed by atoms with van der Waals surface area (Å²) in [5.41, 5.74) is 2.77. The molecule has 0 spiro atoms. The summed E-state index contributed by atoms with van der Waals surface area (Å²) in [5, 5.41) is 0. The van der Waals surface area contributed by atoms with Gasteiger partial charge in [0.05, 0.1) is 0 Å². The molecule has 6 nitrogen and oxygen atoms in total. The zero-order valence-corrected chi connectivity index (χ0v) is 16.5. The number of carbonyl (C=O) groups is 2. The minimum Gasteiger partial charge on any atom is -0.335 e. The van der Waals surface area contributed by atoms with Crippen molar-refractivity contribution in [3.63, 3.8) is 0 Å². The number of piperazine rings is 1. The largest absolute Gasteiger partial charge is 0.335 e. The Morgan fingerprint density at radius 3 is 2.36 bits per heavy atom. The standard InChI is InChI=1S/C22H26N4O2/c1-3-24-11-13-25(14-12-24)21(27)18-8-6-9-19(23-18)22(28)26-16(2)15-17-7-4-5-10-20(17)26/h4-10,16H,3,11-15H2,1-2H3. The first-order valence-corrected chi connectivity index (χ1v) is 9.98. The van der Waals surface area contributed by atoms with Gasteiger partial charge in [0.25, 0.3) is 11.8 Å². The van der Waals surface area contributed by atoms with Crippen molar-refractivity contribution >= 4 is 17.5 Å². The average molecular weight is 378 g/mol. The van der Waals surface area contributed by atoms with Crippen molar-refractivity contribution in [2.75, 3.05) is 37.6 Å². The number of hydrogen-bond acceptors (Lipinski definition) is 4. The molecule has 1 unspecified atom stereocenters. The van der Waals surface area contributed by atoms with Crippen LogP contribution in [0.3, 0.4) is 0 Å². The third-order valence-electron chi connectivity index (χ3n) is 5.72. The molecule has 4 rings (SSSR count). The molecule has 1 aromatic carbocycles. The Balaban J connectivity index is 1.54. The highest BCUT2D eigenvalue weighted by Gasteiger charge is 2.32. The lowest BCUT2D eigenvalue weighted by Gasteiger charge is -2.33. The smallest absolute Gasteiger partial charge is 0.277 e. The topological polar surface area (TPSA) is 56.8 Å². The Bertz CT molecular complexity index is 890. The predicted molar refractivity (Wildman–Crippen MR) is 109 cm³/mol. The first kappa shape index (κ1) is 18.6. The molecule has 2 aliphatic heterocycles. The summed E-state index contributed by atoms with van der Waals surface area (Å²) in [5.74, 6) is -0.247. The van der Waals surface area contributed by atoms with Crippen molar-refractivity contribution in [3.8, 4) is 0 Å². The van der Waals surface area contributed by atoms with Crippen LogP contribution in [0.2, 0.25) is 0 Å². The molecule has 3 heterocycles. The molecule has 2 aliphatic rings. The number of anilines is 1. The van der Waals surface area contributed by atoms with Crippen molar-refractivity contribution < 1.29 is 9.59 Å². The molecule has 1 aromatic heterocycles.